The van der Waals surface area contributed by atoms with Gasteiger partial charge in [-0.05, 0) is 6.54 Å². The molecule has 0 aromatic carbocycles. The Hall–Kier alpha value is -0.200. The van der Waals surface area contributed by atoms with Gasteiger partial charge in [0.2, 0.25) is 0 Å². The van der Waals surface area contributed by atoms with Crippen molar-refractivity contribution in [3.05, 3.63) is 0 Å². The van der Waals surface area contributed by atoms with Crippen molar-refractivity contribution in [1.29, 1.82) is 0 Å². The molecule has 0 aromatic rings. The van der Waals surface area contributed by atoms with Gasteiger partial charge in [0.05, 0.1) is 18.8 Å². The Morgan fingerprint density at radius 2 is 1.69 bits per heavy atom. The first-order chi connectivity index (χ1) is 6.13. The van der Waals surface area contributed by atoms with Gasteiger partial charge in [-0.3, -0.25) is 0 Å². The standard InChI is InChI=1S/C8H17NO4/c1-2-9-5-4(3-10)6(11)8(13)7(5)12/h4-13H,2-3H2,1H3. The summed E-state index contributed by atoms with van der Waals surface area (Å²) in [5.74, 6) is -0.495. The minimum atomic E-state index is -1.17. The Morgan fingerprint density at radius 3 is 2.15 bits per heavy atom. The Labute approximate surface area is 77.0 Å². The van der Waals surface area contributed by atoms with Crippen LogP contribution in [0.25, 0.3) is 0 Å². The van der Waals surface area contributed by atoms with Crippen molar-refractivity contribution >= 4 is 0 Å². The van der Waals surface area contributed by atoms with Crippen molar-refractivity contribution in [1.82, 2.24) is 5.32 Å². The van der Waals surface area contributed by atoms with Gasteiger partial charge in [-0.2, -0.15) is 0 Å². The maximum Gasteiger partial charge on any atom is 0.108 e. The molecule has 78 valence electrons. The molecule has 0 bridgehead atoms. The molecule has 0 radical (unpaired) electrons. The van der Waals surface area contributed by atoms with E-state index in [0.717, 1.165) is 0 Å². The summed E-state index contributed by atoms with van der Waals surface area (Å²) in [6, 6.07) is -0.431. The van der Waals surface area contributed by atoms with Gasteiger partial charge in [-0.15, -0.1) is 0 Å². The topological polar surface area (TPSA) is 93.0 Å². The number of rotatable bonds is 3. The first kappa shape index (κ1) is 10.9. The van der Waals surface area contributed by atoms with Gasteiger partial charge in [-0.25, -0.2) is 0 Å². The molecule has 0 amide bonds. The Balaban J connectivity index is 2.68. The molecule has 0 heterocycles. The van der Waals surface area contributed by atoms with Crippen LogP contribution in [0, 0.1) is 5.92 Å². The number of hydrogen-bond donors (Lipinski definition) is 5. The molecule has 5 N–H and O–H groups in total. The van der Waals surface area contributed by atoms with Crippen LogP contribution in [0.1, 0.15) is 6.92 Å². The highest BCUT2D eigenvalue weighted by Crippen LogP contribution is 2.26. The molecule has 0 aliphatic heterocycles. The fraction of sp³-hybridized carbons (Fsp3) is 1.00. The number of likely N-dealkylation sites (N-methyl/N-ethyl adjacent to an activating group) is 1. The van der Waals surface area contributed by atoms with E-state index in [-0.39, 0.29) is 6.61 Å². The average molecular weight is 191 g/mol. The molecular weight excluding hydrogens is 174 g/mol. The summed E-state index contributed by atoms with van der Waals surface area (Å²) in [4.78, 5) is 0. The summed E-state index contributed by atoms with van der Waals surface area (Å²) in [6.45, 7) is 2.24. The predicted octanol–water partition coefficient (Wildman–Crippen LogP) is -2.33. The first-order valence-electron chi connectivity index (χ1n) is 4.52. The van der Waals surface area contributed by atoms with Crippen LogP contribution in [-0.2, 0) is 0 Å². The molecule has 1 saturated carbocycles. The summed E-state index contributed by atoms with van der Waals surface area (Å²) in [7, 11) is 0. The highest BCUT2D eigenvalue weighted by atomic mass is 16.4. The van der Waals surface area contributed by atoms with Crippen LogP contribution in [0.3, 0.4) is 0 Å². The molecule has 13 heavy (non-hydrogen) atoms. The summed E-state index contributed by atoms with van der Waals surface area (Å²) in [6.07, 6.45) is -3.22. The lowest BCUT2D eigenvalue weighted by molar-refractivity contribution is -0.0311. The monoisotopic (exact) mass is 191 g/mol. The number of aliphatic hydroxyl groups is 4. The molecule has 1 fully saturated rings. The zero-order valence-electron chi connectivity index (χ0n) is 7.59. The van der Waals surface area contributed by atoms with E-state index in [4.69, 9.17) is 5.11 Å². The van der Waals surface area contributed by atoms with Crippen molar-refractivity contribution < 1.29 is 20.4 Å². The quantitative estimate of drug-likeness (QED) is 0.345. The number of aliphatic hydroxyl groups excluding tert-OH is 4. The van der Waals surface area contributed by atoms with E-state index in [1.807, 2.05) is 6.92 Å². The van der Waals surface area contributed by atoms with E-state index < -0.39 is 30.3 Å². The summed E-state index contributed by atoms with van der Waals surface area (Å²) in [5.41, 5.74) is 0. The zero-order chi connectivity index (χ0) is 10.0. The molecule has 1 rings (SSSR count). The Morgan fingerprint density at radius 1 is 1.08 bits per heavy atom. The maximum atomic E-state index is 9.48. The van der Waals surface area contributed by atoms with E-state index in [1.54, 1.807) is 0 Å². The smallest absolute Gasteiger partial charge is 0.108 e. The van der Waals surface area contributed by atoms with E-state index in [1.165, 1.54) is 0 Å². The van der Waals surface area contributed by atoms with Gasteiger partial charge < -0.3 is 25.7 Å². The fourth-order valence-electron chi connectivity index (χ4n) is 1.86. The molecule has 0 aromatic heterocycles. The average Bonchev–Trinajstić information content (AvgIpc) is 2.32. The normalized spacial score (nSPS) is 45.5. The highest BCUT2D eigenvalue weighted by Gasteiger charge is 2.47. The van der Waals surface area contributed by atoms with Gasteiger partial charge >= 0.3 is 0 Å². The van der Waals surface area contributed by atoms with Crippen LogP contribution < -0.4 is 5.32 Å². The van der Waals surface area contributed by atoms with Crippen LogP contribution in [-0.4, -0.2) is 57.9 Å². The molecule has 5 atom stereocenters. The largest absolute Gasteiger partial charge is 0.396 e. The van der Waals surface area contributed by atoms with Crippen molar-refractivity contribution in [2.24, 2.45) is 5.92 Å². The molecule has 0 saturated heterocycles. The third kappa shape index (κ3) is 1.84. The minimum absolute atomic E-state index is 0.243. The summed E-state index contributed by atoms with van der Waals surface area (Å²) >= 11 is 0. The molecule has 5 heteroatoms. The molecule has 5 nitrogen and oxygen atoms in total. The van der Waals surface area contributed by atoms with E-state index in [9.17, 15) is 15.3 Å². The molecule has 1 aliphatic carbocycles. The van der Waals surface area contributed by atoms with Gasteiger partial charge in [0.15, 0.2) is 0 Å². The van der Waals surface area contributed by atoms with Crippen LogP contribution in [0.2, 0.25) is 0 Å². The first-order valence-corrected chi connectivity index (χ1v) is 4.52. The minimum Gasteiger partial charge on any atom is -0.396 e. The zero-order valence-corrected chi connectivity index (χ0v) is 7.59. The van der Waals surface area contributed by atoms with Crippen molar-refractivity contribution in [3.63, 3.8) is 0 Å². The van der Waals surface area contributed by atoms with Gasteiger partial charge in [0.1, 0.15) is 6.10 Å². The molecule has 5 unspecified atom stereocenters. The molecule has 1 aliphatic rings. The Bertz CT molecular complexity index is 166. The molecular formula is C8H17NO4. The predicted molar refractivity (Wildman–Crippen MR) is 46.1 cm³/mol. The van der Waals surface area contributed by atoms with Gasteiger partial charge in [0.25, 0.3) is 0 Å². The van der Waals surface area contributed by atoms with Gasteiger partial charge in [-0.1, -0.05) is 6.92 Å². The number of nitrogens with one attached hydrogen (secondary N) is 1. The SMILES string of the molecule is CCNC1C(O)C(O)C(O)C1CO. The molecule has 0 spiro atoms. The van der Waals surface area contributed by atoms with E-state index >= 15 is 0 Å². The van der Waals surface area contributed by atoms with Crippen LogP contribution in [0.15, 0.2) is 0 Å². The van der Waals surface area contributed by atoms with Crippen molar-refractivity contribution in [3.8, 4) is 0 Å². The third-order valence-electron chi connectivity index (χ3n) is 2.62. The Kier molecular flexibility index (Phi) is 3.63. The van der Waals surface area contributed by atoms with Crippen LogP contribution in [0.5, 0.6) is 0 Å². The van der Waals surface area contributed by atoms with Gasteiger partial charge in [0, 0.05) is 12.0 Å². The maximum absolute atomic E-state index is 9.48. The van der Waals surface area contributed by atoms with Crippen molar-refractivity contribution in [2.75, 3.05) is 13.2 Å². The van der Waals surface area contributed by atoms with Crippen molar-refractivity contribution in [2.45, 2.75) is 31.3 Å². The number of hydrogen-bond acceptors (Lipinski definition) is 5. The second-order valence-electron chi connectivity index (χ2n) is 3.40. The lowest BCUT2D eigenvalue weighted by atomic mass is 10.0. The van der Waals surface area contributed by atoms with E-state index in [0.29, 0.717) is 6.54 Å². The third-order valence-corrected chi connectivity index (χ3v) is 2.62. The lowest BCUT2D eigenvalue weighted by Crippen LogP contribution is -2.43. The van der Waals surface area contributed by atoms with Crippen LogP contribution >= 0.6 is 0 Å². The van der Waals surface area contributed by atoms with E-state index in [2.05, 4.69) is 5.32 Å². The highest BCUT2D eigenvalue weighted by molar-refractivity contribution is 5.01. The second-order valence-corrected chi connectivity index (χ2v) is 3.40. The summed E-state index contributed by atoms with van der Waals surface area (Å²) in [5, 5.41) is 40.1. The lowest BCUT2D eigenvalue weighted by Gasteiger charge is -2.21. The summed E-state index contributed by atoms with van der Waals surface area (Å²) < 4.78 is 0. The van der Waals surface area contributed by atoms with Crippen LogP contribution in [0.4, 0.5) is 0 Å². The second kappa shape index (κ2) is 4.34. The fourth-order valence-corrected chi connectivity index (χ4v) is 1.86.